The van der Waals surface area contributed by atoms with Crippen LogP contribution < -0.4 is 0 Å². The van der Waals surface area contributed by atoms with Gasteiger partial charge in [-0.25, -0.2) is 0 Å². The van der Waals surface area contributed by atoms with Crippen LogP contribution in [-0.2, 0) is 0 Å². The van der Waals surface area contributed by atoms with Crippen molar-refractivity contribution in [3.63, 3.8) is 0 Å². The summed E-state index contributed by atoms with van der Waals surface area (Å²) in [5, 5.41) is 0. The maximum Gasteiger partial charge on any atom is 0.253 e. The maximum absolute atomic E-state index is 11.7. The third-order valence-corrected chi connectivity index (χ3v) is 1.91. The first kappa shape index (κ1) is 10.5. The van der Waals surface area contributed by atoms with Crippen LogP contribution in [0.2, 0.25) is 0 Å². The van der Waals surface area contributed by atoms with E-state index >= 15 is 0 Å². The van der Waals surface area contributed by atoms with Gasteiger partial charge in [-0.05, 0) is 18.6 Å². The minimum atomic E-state index is -0.0487. The van der Waals surface area contributed by atoms with Gasteiger partial charge in [0.25, 0.3) is 5.91 Å². The van der Waals surface area contributed by atoms with E-state index in [2.05, 4.69) is 13.6 Å². The topological polar surface area (TPSA) is 20.3 Å². The standard InChI is InChI=1S/C12H14NO/c1-3-4-10-13(2)12(14)11-8-6-5-7-9-11/h3,5-9H,1-2,4,10H2. The molecule has 1 aromatic carbocycles. The second kappa shape index (κ2) is 5.22. The smallest absolute Gasteiger partial charge is 0.253 e. The van der Waals surface area contributed by atoms with Crippen LogP contribution in [0.4, 0.5) is 0 Å². The molecule has 14 heavy (non-hydrogen) atoms. The number of hydrogen-bond donors (Lipinski definition) is 0. The van der Waals surface area contributed by atoms with Gasteiger partial charge in [0.15, 0.2) is 0 Å². The Morgan fingerprint density at radius 2 is 2.00 bits per heavy atom. The molecule has 1 aromatic rings. The first-order chi connectivity index (χ1) is 6.75. The van der Waals surface area contributed by atoms with Crippen molar-refractivity contribution in [2.75, 3.05) is 6.54 Å². The molecule has 1 rings (SSSR count). The minimum absolute atomic E-state index is 0.0487. The van der Waals surface area contributed by atoms with Crippen molar-refractivity contribution in [3.05, 3.63) is 55.6 Å². The molecule has 0 N–H and O–H groups in total. The lowest BCUT2D eigenvalue weighted by Crippen LogP contribution is -2.25. The Kier molecular flexibility index (Phi) is 3.92. The minimum Gasteiger partial charge on any atom is -0.337 e. The van der Waals surface area contributed by atoms with Gasteiger partial charge in [0, 0.05) is 19.2 Å². The molecule has 73 valence electrons. The highest BCUT2D eigenvalue weighted by Crippen LogP contribution is 2.04. The molecule has 0 unspecified atom stereocenters. The fraction of sp³-hybridized carbons (Fsp3) is 0.167. The summed E-state index contributed by atoms with van der Waals surface area (Å²) >= 11 is 0. The van der Waals surface area contributed by atoms with Crippen LogP contribution in [0.1, 0.15) is 16.8 Å². The Morgan fingerprint density at radius 3 is 2.57 bits per heavy atom. The molecule has 0 saturated heterocycles. The molecule has 0 aliphatic carbocycles. The van der Waals surface area contributed by atoms with Gasteiger partial charge >= 0.3 is 0 Å². The molecule has 1 radical (unpaired) electrons. The number of carbonyl (C=O) groups excluding carboxylic acids is 1. The van der Waals surface area contributed by atoms with Gasteiger partial charge < -0.3 is 4.90 Å². The van der Waals surface area contributed by atoms with E-state index in [9.17, 15) is 4.79 Å². The van der Waals surface area contributed by atoms with Gasteiger partial charge in [-0.3, -0.25) is 4.79 Å². The van der Waals surface area contributed by atoms with E-state index < -0.39 is 0 Å². The summed E-state index contributed by atoms with van der Waals surface area (Å²) in [5.41, 5.74) is 0.673. The molecule has 2 nitrogen and oxygen atoms in total. The van der Waals surface area contributed by atoms with Crippen LogP contribution in [0.3, 0.4) is 0 Å². The normalized spacial score (nSPS) is 9.50. The molecular weight excluding hydrogens is 174 g/mol. The summed E-state index contributed by atoms with van der Waals surface area (Å²) in [6.45, 7) is 4.21. The van der Waals surface area contributed by atoms with Crippen molar-refractivity contribution in [2.45, 2.75) is 6.42 Å². The lowest BCUT2D eigenvalue weighted by molar-refractivity contribution is 0.0820. The van der Waals surface area contributed by atoms with Crippen molar-refractivity contribution in [2.24, 2.45) is 0 Å². The predicted octanol–water partition coefficient (Wildman–Crippen LogP) is 2.50. The number of carbonyl (C=O) groups is 1. The van der Waals surface area contributed by atoms with Crippen molar-refractivity contribution in [1.29, 1.82) is 0 Å². The molecule has 2 heteroatoms. The Labute approximate surface area is 84.9 Å². The third kappa shape index (κ3) is 2.73. The Hall–Kier alpha value is -1.57. The van der Waals surface area contributed by atoms with Crippen molar-refractivity contribution >= 4 is 5.91 Å². The molecule has 0 aliphatic heterocycles. The third-order valence-electron chi connectivity index (χ3n) is 1.91. The second-order valence-corrected chi connectivity index (χ2v) is 3.01. The Bertz CT molecular complexity index is 305. The SMILES string of the molecule is [CH2]N(CCC=C)C(=O)c1ccccc1. The highest BCUT2D eigenvalue weighted by atomic mass is 16.2. The number of amides is 1. The summed E-state index contributed by atoms with van der Waals surface area (Å²) in [6.07, 6.45) is 2.54. The predicted molar refractivity (Wildman–Crippen MR) is 57.6 cm³/mol. The molecule has 0 aromatic heterocycles. The van der Waals surface area contributed by atoms with Gasteiger partial charge in [0.2, 0.25) is 0 Å². The first-order valence-corrected chi connectivity index (χ1v) is 4.54. The molecule has 1 amide bonds. The van der Waals surface area contributed by atoms with E-state index in [0.717, 1.165) is 6.42 Å². The van der Waals surface area contributed by atoms with Crippen LogP contribution in [-0.4, -0.2) is 17.4 Å². The van der Waals surface area contributed by atoms with Crippen molar-refractivity contribution < 1.29 is 4.79 Å². The fourth-order valence-electron chi connectivity index (χ4n) is 1.11. The van der Waals surface area contributed by atoms with Crippen LogP contribution in [0.5, 0.6) is 0 Å². The molecule has 0 fully saturated rings. The van der Waals surface area contributed by atoms with Crippen LogP contribution in [0.15, 0.2) is 43.0 Å². The number of benzene rings is 1. The number of hydrogen-bond acceptors (Lipinski definition) is 1. The maximum atomic E-state index is 11.7. The first-order valence-electron chi connectivity index (χ1n) is 4.54. The molecule has 0 saturated carbocycles. The molecule has 0 atom stereocenters. The van der Waals surface area contributed by atoms with Gasteiger partial charge in [-0.15, -0.1) is 6.58 Å². The highest BCUT2D eigenvalue weighted by Gasteiger charge is 2.09. The van der Waals surface area contributed by atoms with Gasteiger partial charge in [0.05, 0.1) is 0 Å². The second-order valence-electron chi connectivity index (χ2n) is 3.01. The van der Waals surface area contributed by atoms with E-state index in [1.54, 1.807) is 18.2 Å². The van der Waals surface area contributed by atoms with E-state index in [0.29, 0.717) is 12.1 Å². The summed E-state index contributed by atoms with van der Waals surface area (Å²) in [6, 6.07) is 9.14. The van der Waals surface area contributed by atoms with E-state index in [1.165, 1.54) is 4.90 Å². The molecule has 0 spiro atoms. The number of nitrogens with zero attached hydrogens (tertiary/aromatic N) is 1. The summed E-state index contributed by atoms with van der Waals surface area (Å²) in [4.78, 5) is 13.1. The molecule has 0 bridgehead atoms. The largest absolute Gasteiger partial charge is 0.337 e. The summed E-state index contributed by atoms with van der Waals surface area (Å²) in [5.74, 6) is -0.0487. The van der Waals surface area contributed by atoms with Gasteiger partial charge in [-0.2, -0.15) is 0 Å². The van der Waals surface area contributed by atoms with E-state index in [-0.39, 0.29) is 5.91 Å². The Morgan fingerprint density at radius 1 is 1.36 bits per heavy atom. The molecule has 0 aliphatic rings. The van der Waals surface area contributed by atoms with Gasteiger partial charge in [-0.1, -0.05) is 24.3 Å². The summed E-state index contributed by atoms with van der Waals surface area (Å²) < 4.78 is 0. The molecule has 0 heterocycles. The quantitative estimate of drug-likeness (QED) is 0.665. The zero-order valence-corrected chi connectivity index (χ0v) is 8.15. The lowest BCUT2D eigenvalue weighted by atomic mass is 10.2. The average molecular weight is 188 g/mol. The Balaban J connectivity index is 2.61. The highest BCUT2D eigenvalue weighted by molar-refractivity contribution is 5.94. The van der Waals surface area contributed by atoms with Crippen molar-refractivity contribution in [1.82, 2.24) is 4.90 Å². The van der Waals surface area contributed by atoms with Crippen LogP contribution in [0, 0.1) is 7.05 Å². The summed E-state index contributed by atoms with van der Waals surface area (Å²) in [7, 11) is 3.69. The zero-order valence-electron chi connectivity index (χ0n) is 8.15. The number of rotatable bonds is 4. The average Bonchev–Trinajstić information content (AvgIpc) is 2.26. The molecular formula is C12H14NO. The van der Waals surface area contributed by atoms with Crippen molar-refractivity contribution in [3.8, 4) is 0 Å². The fourth-order valence-corrected chi connectivity index (χ4v) is 1.11. The lowest BCUT2D eigenvalue weighted by Gasteiger charge is -2.15. The van der Waals surface area contributed by atoms with Crippen LogP contribution in [0.25, 0.3) is 0 Å². The van der Waals surface area contributed by atoms with E-state index in [4.69, 9.17) is 0 Å². The van der Waals surface area contributed by atoms with E-state index in [1.807, 2.05) is 18.2 Å². The monoisotopic (exact) mass is 188 g/mol. The van der Waals surface area contributed by atoms with Gasteiger partial charge in [0.1, 0.15) is 0 Å². The zero-order chi connectivity index (χ0) is 10.4. The van der Waals surface area contributed by atoms with Crippen LogP contribution >= 0.6 is 0 Å².